The van der Waals surface area contributed by atoms with Crippen LogP contribution < -0.4 is 5.73 Å². The number of ketones is 1. The first-order chi connectivity index (χ1) is 42.2. The molecule has 0 spiro atoms. The number of allylic oxidation sites excluding steroid dienone is 1. The lowest BCUT2D eigenvalue weighted by Crippen LogP contribution is -2.68. The van der Waals surface area contributed by atoms with Gasteiger partial charge in [0.1, 0.15) is 36.6 Å². The number of hydrogen-bond donors (Lipinski definition) is 3. The van der Waals surface area contributed by atoms with Crippen molar-refractivity contribution in [3.05, 3.63) is 36.5 Å². The molecule has 0 radical (unpaired) electrons. The Labute approximate surface area is 563 Å². The molecule has 14 unspecified atom stereocenters. The highest BCUT2D eigenvalue weighted by Crippen LogP contribution is 2.47. The van der Waals surface area contributed by atoms with Crippen LogP contribution in [0.15, 0.2) is 36.5 Å². The molecule has 0 aliphatic carbocycles. The predicted molar refractivity (Wildman–Crippen MR) is 382 cm³/mol. The molecule has 0 aromatic rings. The van der Waals surface area contributed by atoms with Crippen molar-refractivity contribution in [1.82, 2.24) is 0 Å². The smallest absolute Gasteiger partial charge is 0.308 e. The van der Waals surface area contributed by atoms with Gasteiger partial charge in [0.25, 0.3) is 0 Å². The third-order valence-electron chi connectivity index (χ3n) is 23.9. The van der Waals surface area contributed by atoms with E-state index in [1.54, 1.807) is 6.08 Å². The Morgan fingerprint density at radius 2 is 1.16 bits per heavy atom. The molecule has 7 heterocycles. The lowest BCUT2D eigenvalue weighted by molar-refractivity contribution is -0.272. The minimum atomic E-state index is -2.65. The van der Waals surface area contributed by atoms with Crippen molar-refractivity contribution < 1.29 is 70.4 Å². The minimum Gasteiger partial charge on any atom is -0.458 e. The summed E-state index contributed by atoms with van der Waals surface area (Å²) in [6, 6.07) is 1.87. The van der Waals surface area contributed by atoms with E-state index in [2.05, 4.69) is 170 Å². The Bertz CT molecular complexity index is 2470. The highest BCUT2D eigenvalue weighted by Gasteiger charge is 2.58. The van der Waals surface area contributed by atoms with Gasteiger partial charge < -0.3 is 66.5 Å². The van der Waals surface area contributed by atoms with Gasteiger partial charge in [-0.2, -0.15) is 0 Å². The van der Waals surface area contributed by atoms with Gasteiger partial charge in [-0.25, -0.2) is 0 Å². The Balaban J connectivity index is 1.42. The minimum absolute atomic E-state index is 0.0192. The summed E-state index contributed by atoms with van der Waals surface area (Å²) in [6.45, 7) is 62.8. The van der Waals surface area contributed by atoms with Gasteiger partial charge in [0, 0.05) is 25.9 Å². The zero-order valence-electron chi connectivity index (χ0n) is 62.1. The van der Waals surface area contributed by atoms with E-state index in [-0.39, 0.29) is 69.1 Å². The number of rotatable bonds is 15. The van der Waals surface area contributed by atoms with Gasteiger partial charge in [0.2, 0.25) is 0 Å². The van der Waals surface area contributed by atoms with Crippen molar-refractivity contribution in [1.29, 1.82) is 0 Å². The Kier molecular flexibility index (Phi) is 27.1. The first-order valence-corrected chi connectivity index (χ1v) is 49.9. The fourth-order valence-electron chi connectivity index (χ4n) is 13.2. The van der Waals surface area contributed by atoms with Crippen LogP contribution in [0, 0.1) is 5.92 Å². The molecule has 92 heavy (non-hydrogen) atoms. The number of nitrogens with two attached hydrogens (primary N) is 1. The molecule has 0 aromatic carbocycles. The summed E-state index contributed by atoms with van der Waals surface area (Å²) in [5.74, 6) is -0.744. The van der Waals surface area contributed by atoms with Crippen molar-refractivity contribution >= 4 is 53.3 Å². The molecule has 7 aliphatic rings. The van der Waals surface area contributed by atoms with Gasteiger partial charge in [-0.05, 0) is 165 Å². The topological polar surface area (TPSA) is 202 Å². The lowest BCUT2D eigenvalue weighted by atomic mass is 9.83. The van der Waals surface area contributed by atoms with E-state index in [4.69, 9.17) is 62.9 Å². The van der Waals surface area contributed by atoms with Crippen molar-refractivity contribution in [2.45, 2.75) is 388 Å². The van der Waals surface area contributed by atoms with Crippen LogP contribution in [-0.2, 0) is 60.1 Å². The molecule has 19 atom stereocenters. The van der Waals surface area contributed by atoms with Crippen LogP contribution >= 0.6 is 0 Å². The zero-order valence-corrected chi connectivity index (χ0v) is 67.1. The molecule has 532 valence electrons. The van der Waals surface area contributed by atoms with Gasteiger partial charge in [0.15, 0.2) is 47.4 Å². The highest BCUT2D eigenvalue weighted by molar-refractivity contribution is 6.75. The van der Waals surface area contributed by atoms with Gasteiger partial charge in [-0.15, -0.1) is 0 Å². The van der Waals surface area contributed by atoms with Gasteiger partial charge in [0.05, 0.1) is 79.6 Å². The fourth-order valence-corrected chi connectivity index (χ4v) is 21.0. The summed E-state index contributed by atoms with van der Waals surface area (Å²) in [5.41, 5.74) is 9.45. The van der Waals surface area contributed by atoms with E-state index in [1.807, 2.05) is 6.08 Å². The normalized spacial score (nSPS) is 35.9. The second-order valence-electron chi connectivity index (χ2n) is 34.8. The van der Waals surface area contributed by atoms with E-state index in [9.17, 15) is 15.0 Å². The number of carbonyl (C=O) groups is 2. The molecule has 7 aliphatic heterocycles. The average Bonchev–Trinajstić information content (AvgIpc) is 0.850. The number of aliphatic hydroxyl groups is 2. The summed E-state index contributed by atoms with van der Waals surface area (Å²) in [6.07, 6.45) is -2.25. The standard InChI is InChI=1S/C71H133NO15Si5/c1-27-92(28-2,29-3)86-56-43-58-64(61(72)63-59(80-58)44-57(85-90(23,24)70(13,14)15)53(81-63)38-39-77-88(19,20)68(7,8)9)83-60(75)42-51-34-37-54-65(79-51)62(76)67(87-91(25,26)71(16,17)18)66(82-54)55(84-89(21,22)69(10,11)12)36-31-48(73)30-33-50-41-46(5)52(78-50)35-32-49(74)40-45(4)47(56)6/h31,36,45,49-59,61-67,74,76H,5-6,27-30,32-35,37-44,72H2,1-4,7-26H3/b36-31+/t45?,49?,50?,51-,52?,53?,54+,55?,56?,57?,58+,59?,61+,62+,63?,64?,65?,66?,67?/m1/s1. The maximum Gasteiger partial charge on any atom is 0.308 e. The Morgan fingerprint density at radius 1 is 0.598 bits per heavy atom. The molecule has 5 saturated heterocycles. The molecule has 0 aromatic heterocycles. The van der Waals surface area contributed by atoms with Crippen molar-refractivity contribution in [3.8, 4) is 0 Å². The van der Waals surface area contributed by atoms with E-state index in [0.717, 1.165) is 29.3 Å². The summed E-state index contributed by atoms with van der Waals surface area (Å²) in [5, 5.41) is 24.3. The molecule has 0 saturated carbocycles. The molecule has 16 nitrogen and oxygen atoms in total. The Hall–Kier alpha value is -1.08. The summed E-state index contributed by atoms with van der Waals surface area (Å²) in [4.78, 5) is 29.1. The summed E-state index contributed by atoms with van der Waals surface area (Å²) >= 11 is 0. The van der Waals surface area contributed by atoms with Crippen LogP contribution in [0.3, 0.4) is 0 Å². The van der Waals surface area contributed by atoms with E-state index < -0.39 is 133 Å². The first-order valence-electron chi connectivity index (χ1n) is 35.7. The third kappa shape index (κ3) is 19.7. The van der Waals surface area contributed by atoms with Crippen LogP contribution in [0.1, 0.15) is 188 Å². The molecule has 4 N–H and O–H groups in total. The van der Waals surface area contributed by atoms with Crippen LogP contribution in [0.5, 0.6) is 0 Å². The number of ether oxygens (including phenoxy) is 6. The highest BCUT2D eigenvalue weighted by atomic mass is 28.4. The number of esters is 1. The molecule has 21 heteroatoms. The van der Waals surface area contributed by atoms with Crippen molar-refractivity contribution in [3.63, 3.8) is 0 Å². The largest absolute Gasteiger partial charge is 0.458 e. The predicted octanol–water partition coefficient (Wildman–Crippen LogP) is 14.9. The van der Waals surface area contributed by atoms with Crippen LogP contribution in [-0.4, -0.2) is 180 Å². The Morgan fingerprint density at radius 3 is 1.75 bits per heavy atom. The summed E-state index contributed by atoms with van der Waals surface area (Å²) < 4.78 is 78.4. The monoisotopic (exact) mass is 1380 g/mol. The molecule has 7 rings (SSSR count). The first kappa shape index (κ1) is 79.9. The second kappa shape index (κ2) is 31.2. The van der Waals surface area contributed by atoms with Crippen LogP contribution in [0.2, 0.25) is 90.7 Å². The van der Waals surface area contributed by atoms with E-state index >= 15 is 4.79 Å². The molecule has 6 bridgehead atoms. The molecular formula is C71H133NO15Si5. The average molecular weight is 1380 g/mol. The van der Waals surface area contributed by atoms with E-state index in [0.29, 0.717) is 70.8 Å². The van der Waals surface area contributed by atoms with Gasteiger partial charge in [-0.1, -0.05) is 130 Å². The number of aliphatic hydroxyl groups excluding tert-OH is 2. The second-order valence-corrected chi connectivity index (χ2v) is 58.6. The summed E-state index contributed by atoms with van der Waals surface area (Å²) in [7, 11) is -12.1. The number of fused-ring (bicyclic) bond motifs is 16. The van der Waals surface area contributed by atoms with Crippen LogP contribution in [0.25, 0.3) is 0 Å². The maximum absolute atomic E-state index is 15.1. The number of carbonyl (C=O) groups excluding carboxylic acids is 2. The van der Waals surface area contributed by atoms with Gasteiger partial charge in [-0.3, -0.25) is 9.59 Å². The van der Waals surface area contributed by atoms with Crippen molar-refractivity contribution in [2.24, 2.45) is 11.7 Å². The quantitative estimate of drug-likeness (QED) is 0.0793. The molecule has 0 amide bonds. The number of hydrogen-bond acceptors (Lipinski definition) is 16. The molecular weight excluding hydrogens is 1250 g/mol. The maximum atomic E-state index is 15.1. The van der Waals surface area contributed by atoms with Gasteiger partial charge >= 0.3 is 5.97 Å². The molecule has 5 fully saturated rings. The lowest BCUT2D eigenvalue weighted by Gasteiger charge is -2.53. The van der Waals surface area contributed by atoms with E-state index in [1.165, 1.54) is 0 Å². The fraction of sp³-hybridized carbons (Fsp3) is 0.887. The third-order valence-corrected chi connectivity index (χ3v) is 46.6. The van der Waals surface area contributed by atoms with Crippen molar-refractivity contribution in [2.75, 3.05) is 6.61 Å². The SMILES string of the molecule is C=C1CC2CCC(=O)/C=C/C(O[Si](C)(C)C(C)(C)C)C3O[C@H]4CC[C@H](CC(=O)OC5[C@@H](N)C6OC(CCO[Si](C)(C)C(C)(C)C)C(O[Si](C)(C)C(C)(C)C)CC6O[C@H]5CC(O[Si](CC)(CC)CC)C(=C)C(C)CC(O)CCC1O2)OC4[C@H](O)C3O[Si](C)(C)C(C)(C)C. The van der Waals surface area contributed by atoms with Crippen LogP contribution in [0.4, 0.5) is 0 Å². The zero-order chi connectivity index (χ0) is 69.3.